The number of hydrogen-bond donors (Lipinski definition) is 0. The highest BCUT2D eigenvalue weighted by Gasteiger charge is 2.20. The average Bonchev–Trinajstić information content (AvgIpc) is 3.27. The molecule has 0 spiro atoms. The van der Waals surface area contributed by atoms with Gasteiger partial charge in [0.2, 0.25) is 5.91 Å². The molecule has 0 atom stereocenters. The lowest BCUT2D eigenvalue weighted by Crippen LogP contribution is -2.31. The van der Waals surface area contributed by atoms with E-state index in [2.05, 4.69) is 15.2 Å². The zero-order valence-electron chi connectivity index (χ0n) is 18.5. The minimum absolute atomic E-state index is 0.0502. The van der Waals surface area contributed by atoms with Gasteiger partial charge in [-0.3, -0.25) is 14.3 Å². The van der Waals surface area contributed by atoms with Crippen molar-refractivity contribution in [2.45, 2.75) is 25.5 Å². The number of carbonyl (C=O) groups excluding carboxylic acids is 1. The molecule has 6 nitrogen and oxygen atoms in total. The summed E-state index contributed by atoms with van der Waals surface area (Å²) in [7, 11) is 0. The molecule has 168 valence electrons. The fourth-order valence-electron chi connectivity index (χ4n) is 3.50. The Morgan fingerprint density at radius 1 is 1.03 bits per heavy atom. The van der Waals surface area contributed by atoms with E-state index in [0.29, 0.717) is 29.1 Å². The van der Waals surface area contributed by atoms with Crippen LogP contribution in [0.1, 0.15) is 18.1 Å². The topological polar surface area (TPSA) is 63.9 Å². The molecule has 1 amide bonds. The van der Waals surface area contributed by atoms with Crippen LogP contribution in [0.15, 0.2) is 78.2 Å². The molecule has 0 fully saturated rings. The number of carbonyl (C=O) groups is 1. The van der Waals surface area contributed by atoms with E-state index < -0.39 is 0 Å². The van der Waals surface area contributed by atoms with Crippen molar-refractivity contribution in [3.05, 3.63) is 89.2 Å². The fourth-order valence-corrected chi connectivity index (χ4v) is 4.52. The molecule has 0 N–H and O–H groups in total. The first-order valence-corrected chi connectivity index (χ1v) is 12.0. The Kier molecular flexibility index (Phi) is 7.42. The molecule has 0 radical (unpaired) electrons. The van der Waals surface area contributed by atoms with Gasteiger partial charge in [0, 0.05) is 36.1 Å². The molecular weight excluding hydrogens is 454 g/mol. The monoisotopic (exact) mass is 477 g/mol. The van der Waals surface area contributed by atoms with Crippen molar-refractivity contribution >= 4 is 29.3 Å². The Bertz CT molecular complexity index is 1230. The molecule has 8 heteroatoms. The minimum Gasteiger partial charge on any atom is -0.338 e. The summed E-state index contributed by atoms with van der Waals surface area (Å²) in [5.41, 5.74) is 3.79. The molecule has 0 saturated heterocycles. The lowest BCUT2D eigenvalue weighted by atomic mass is 10.2. The van der Waals surface area contributed by atoms with Gasteiger partial charge in [-0.05, 0) is 49.2 Å². The van der Waals surface area contributed by atoms with Crippen molar-refractivity contribution in [2.24, 2.45) is 0 Å². The first-order chi connectivity index (χ1) is 16.1. The van der Waals surface area contributed by atoms with Crippen molar-refractivity contribution in [2.75, 3.05) is 12.3 Å². The first-order valence-electron chi connectivity index (χ1n) is 10.6. The zero-order chi connectivity index (χ0) is 23.2. The van der Waals surface area contributed by atoms with Crippen LogP contribution >= 0.6 is 23.4 Å². The second-order valence-corrected chi connectivity index (χ2v) is 8.79. The molecule has 0 aliphatic carbocycles. The molecule has 2 heterocycles. The molecule has 4 aromatic rings. The van der Waals surface area contributed by atoms with Gasteiger partial charge in [-0.2, -0.15) is 0 Å². The molecule has 0 aliphatic heterocycles. The number of pyridine rings is 1. The van der Waals surface area contributed by atoms with E-state index in [1.165, 1.54) is 11.8 Å². The first kappa shape index (κ1) is 23.0. The molecular formula is C25H24ClN5OS. The van der Waals surface area contributed by atoms with Crippen LogP contribution in [0, 0.1) is 6.92 Å². The number of halogens is 1. The molecule has 4 rings (SSSR count). The number of nitrogens with zero attached hydrogens (tertiary/aromatic N) is 5. The van der Waals surface area contributed by atoms with Crippen molar-refractivity contribution in [1.29, 1.82) is 0 Å². The molecule has 0 aliphatic rings. The number of rotatable bonds is 8. The predicted molar refractivity (Wildman–Crippen MR) is 133 cm³/mol. The minimum atomic E-state index is 0.0502. The summed E-state index contributed by atoms with van der Waals surface area (Å²) in [5, 5.41) is 10.2. The molecule has 33 heavy (non-hydrogen) atoms. The molecule has 0 unspecified atom stereocenters. The summed E-state index contributed by atoms with van der Waals surface area (Å²) >= 11 is 7.79. The lowest BCUT2D eigenvalue weighted by Gasteiger charge is -2.21. The zero-order valence-corrected chi connectivity index (χ0v) is 20.1. The van der Waals surface area contributed by atoms with Gasteiger partial charge in [-0.15, -0.1) is 10.2 Å². The van der Waals surface area contributed by atoms with Crippen LogP contribution < -0.4 is 0 Å². The average molecular weight is 478 g/mol. The van der Waals surface area contributed by atoms with Crippen LogP contribution in [-0.4, -0.2) is 42.9 Å². The largest absolute Gasteiger partial charge is 0.338 e. The summed E-state index contributed by atoms with van der Waals surface area (Å²) in [5.74, 6) is 0.984. The maximum atomic E-state index is 13.0. The van der Waals surface area contributed by atoms with Gasteiger partial charge >= 0.3 is 0 Å². The maximum Gasteiger partial charge on any atom is 0.233 e. The number of benzene rings is 2. The third-order valence-corrected chi connectivity index (χ3v) is 6.65. The highest BCUT2D eigenvalue weighted by Crippen LogP contribution is 2.31. The van der Waals surface area contributed by atoms with E-state index >= 15 is 0 Å². The van der Waals surface area contributed by atoms with Crippen LogP contribution in [0.5, 0.6) is 0 Å². The van der Waals surface area contributed by atoms with E-state index in [1.54, 1.807) is 12.4 Å². The van der Waals surface area contributed by atoms with Gasteiger partial charge in [-0.25, -0.2) is 0 Å². The van der Waals surface area contributed by atoms with E-state index in [1.807, 2.05) is 84.0 Å². The summed E-state index contributed by atoms with van der Waals surface area (Å²) in [6.45, 7) is 5.17. The van der Waals surface area contributed by atoms with Gasteiger partial charge in [0.1, 0.15) is 0 Å². The van der Waals surface area contributed by atoms with Crippen LogP contribution in [-0.2, 0) is 11.3 Å². The molecule has 2 aromatic heterocycles. The van der Waals surface area contributed by atoms with Crippen molar-refractivity contribution < 1.29 is 4.79 Å². The second-order valence-electron chi connectivity index (χ2n) is 7.44. The summed E-state index contributed by atoms with van der Waals surface area (Å²) in [6.07, 6.45) is 3.44. The van der Waals surface area contributed by atoms with Gasteiger partial charge in [0.15, 0.2) is 11.0 Å². The predicted octanol–water partition coefficient (Wildman–Crippen LogP) is 5.43. The molecule has 0 bridgehead atoms. The Morgan fingerprint density at radius 3 is 2.52 bits per heavy atom. The van der Waals surface area contributed by atoms with Crippen molar-refractivity contribution in [3.8, 4) is 17.1 Å². The summed E-state index contributed by atoms with van der Waals surface area (Å²) in [6, 6.07) is 19.5. The highest BCUT2D eigenvalue weighted by atomic mass is 35.5. The van der Waals surface area contributed by atoms with Crippen molar-refractivity contribution in [3.63, 3.8) is 0 Å². The van der Waals surface area contributed by atoms with E-state index in [4.69, 9.17) is 11.6 Å². The van der Waals surface area contributed by atoms with Gasteiger partial charge in [-0.1, -0.05) is 59.8 Å². The van der Waals surface area contributed by atoms with Crippen LogP contribution in [0.2, 0.25) is 5.02 Å². The lowest BCUT2D eigenvalue weighted by molar-refractivity contribution is -0.128. The highest BCUT2D eigenvalue weighted by molar-refractivity contribution is 7.99. The quantitative estimate of drug-likeness (QED) is 0.316. The number of thioether (sulfide) groups is 1. The summed E-state index contributed by atoms with van der Waals surface area (Å²) < 4.78 is 1.96. The fraction of sp³-hybridized carbons (Fsp3) is 0.200. The Labute approximate surface area is 202 Å². The smallest absolute Gasteiger partial charge is 0.233 e. The van der Waals surface area contributed by atoms with Crippen LogP contribution in [0.25, 0.3) is 17.1 Å². The van der Waals surface area contributed by atoms with Crippen LogP contribution in [0.4, 0.5) is 0 Å². The standard InChI is InChI=1S/C25H24ClN5OS/c1-3-30(16-19-8-5-4-6-9-19)23(32)17-33-25-29-28-24(20-12-14-27-15-13-20)31(25)22-11-7-10-21(26)18(22)2/h4-15H,3,16-17H2,1-2H3. The summed E-state index contributed by atoms with van der Waals surface area (Å²) in [4.78, 5) is 19.0. The third-order valence-electron chi connectivity index (χ3n) is 5.33. The third kappa shape index (κ3) is 5.26. The van der Waals surface area contributed by atoms with Crippen LogP contribution in [0.3, 0.4) is 0 Å². The Balaban J connectivity index is 1.62. The van der Waals surface area contributed by atoms with E-state index in [0.717, 1.165) is 22.4 Å². The van der Waals surface area contributed by atoms with Gasteiger partial charge in [0.25, 0.3) is 0 Å². The normalized spacial score (nSPS) is 10.9. The van der Waals surface area contributed by atoms with Gasteiger partial charge in [0.05, 0.1) is 11.4 Å². The second kappa shape index (κ2) is 10.6. The van der Waals surface area contributed by atoms with Crippen molar-refractivity contribution in [1.82, 2.24) is 24.6 Å². The van der Waals surface area contributed by atoms with E-state index in [-0.39, 0.29) is 11.7 Å². The number of hydrogen-bond acceptors (Lipinski definition) is 5. The number of aromatic nitrogens is 4. The Morgan fingerprint density at radius 2 is 1.79 bits per heavy atom. The molecule has 0 saturated carbocycles. The maximum absolute atomic E-state index is 13.0. The molecule has 2 aromatic carbocycles. The van der Waals surface area contributed by atoms with E-state index in [9.17, 15) is 4.79 Å². The SMILES string of the molecule is CCN(Cc1ccccc1)C(=O)CSc1nnc(-c2ccncc2)n1-c1cccc(Cl)c1C. The Hall–Kier alpha value is -3.16. The number of amides is 1. The van der Waals surface area contributed by atoms with Gasteiger partial charge < -0.3 is 4.90 Å².